The number of rotatable bonds is 8. The summed E-state index contributed by atoms with van der Waals surface area (Å²) in [5.74, 6) is -0.489. The summed E-state index contributed by atoms with van der Waals surface area (Å²) in [6, 6.07) is 10.8. The van der Waals surface area contributed by atoms with Crippen LogP contribution >= 0.6 is 8.18 Å². The lowest BCUT2D eigenvalue weighted by molar-refractivity contribution is -0.158. The van der Waals surface area contributed by atoms with Crippen LogP contribution in [0.2, 0.25) is 0 Å². The largest absolute Gasteiger partial charge is 0.703 e. The van der Waals surface area contributed by atoms with E-state index in [0.717, 1.165) is 29.1 Å². The molecule has 0 heterocycles. The van der Waals surface area contributed by atoms with Crippen LogP contribution in [0.4, 0.5) is 13.2 Å². The van der Waals surface area contributed by atoms with E-state index in [0.29, 0.717) is 0 Å². The zero-order valence-electron chi connectivity index (χ0n) is 15.9. The Morgan fingerprint density at radius 2 is 1.55 bits per heavy atom. The molecule has 2 atom stereocenters. The summed E-state index contributed by atoms with van der Waals surface area (Å²) in [6.07, 6.45) is -4.91. The predicted molar refractivity (Wildman–Crippen MR) is 99.3 cm³/mol. The summed E-state index contributed by atoms with van der Waals surface area (Å²) in [5, 5.41) is 0. The van der Waals surface area contributed by atoms with E-state index in [1.165, 1.54) is 6.92 Å². The first kappa shape index (κ1) is 22.6. The lowest BCUT2D eigenvalue weighted by Gasteiger charge is -2.18. The van der Waals surface area contributed by atoms with Gasteiger partial charge in [-0.05, 0) is 57.2 Å². The van der Waals surface area contributed by atoms with Gasteiger partial charge < -0.3 is 9.57 Å². The molecule has 156 valence electrons. The molecule has 2 rings (SSSR count). The molecule has 2 unspecified atom stereocenters. The third-order valence-electron chi connectivity index (χ3n) is 3.49. The van der Waals surface area contributed by atoms with Crippen LogP contribution in [-0.2, 0) is 20.3 Å². The van der Waals surface area contributed by atoms with Crippen molar-refractivity contribution in [3.63, 3.8) is 0 Å². The number of benzene rings is 2. The van der Waals surface area contributed by atoms with Gasteiger partial charge in [-0.15, -0.1) is 0 Å². The van der Waals surface area contributed by atoms with Gasteiger partial charge in [0.05, 0.1) is 11.7 Å². The molecular formula is C19H20F3NO5P+. The molecule has 0 aliphatic heterocycles. The summed E-state index contributed by atoms with van der Waals surface area (Å²) in [5.41, 5.74) is -0.869. The molecule has 0 radical (unpaired) electrons. The number of hydrogen-bond acceptors (Lipinski definition) is 5. The normalized spacial score (nSPS) is 13.2. The molecule has 0 saturated carbocycles. The van der Waals surface area contributed by atoms with Crippen LogP contribution in [0.25, 0.3) is 0 Å². The number of carbonyl (C=O) groups excluding carboxylic acids is 1. The number of nitrogens with zero attached hydrogens (tertiary/aromatic N) is 1. The van der Waals surface area contributed by atoms with Gasteiger partial charge in [0.2, 0.25) is 0 Å². The van der Waals surface area contributed by atoms with Crippen LogP contribution < -0.4 is 9.36 Å². The Kier molecular flexibility index (Phi) is 7.59. The van der Waals surface area contributed by atoms with Gasteiger partial charge in [0.25, 0.3) is 0 Å². The fourth-order valence-electron chi connectivity index (χ4n) is 2.10. The molecule has 6 nitrogen and oxygen atoms in total. The maximum absolute atomic E-state index is 12.7. The summed E-state index contributed by atoms with van der Waals surface area (Å²) in [7, 11) is -2.80. The first-order valence-corrected chi connectivity index (χ1v) is 9.76. The van der Waals surface area contributed by atoms with Crippen molar-refractivity contribution in [2.75, 3.05) is 0 Å². The first-order chi connectivity index (χ1) is 13.6. The minimum Gasteiger partial charge on any atom is -0.462 e. The second-order valence-electron chi connectivity index (χ2n) is 6.22. The van der Waals surface area contributed by atoms with Gasteiger partial charge in [-0.1, -0.05) is 18.2 Å². The van der Waals surface area contributed by atoms with E-state index in [1.807, 2.05) is 0 Å². The highest BCUT2D eigenvalue weighted by Gasteiger charge is 2.44. The van der Waals surface area contributed by atoms with Crippen molar-refractivity contribution in [1.29, 1.82) is 0 Å². The minimum absolute atomic E-state index is 0.0785. The fraction of sp³-hybridized carbons (Fsp3) is 0.316. The summed E-state index contributed by atoms with van der Waals surface area (Å²) in [6.45, 7) is 4.73. The van der Waals surface area contributed by atoms with Gasteiger partial charge in [-0.25, -0.2) is 4.52 Å². The van der Waals surface area contributed by atoms with Crippen molar-refractivity contribution >= 4 is 14.1 Å². The molecule has 0 bridgehead atoms. The molecular weight excluding hydrogens is 410 g/mol. The SMILES string of the molecule is CC(C)OC(=O)C(C)N(Oc1ccccc1)[P+](=O)Oc1ccc(C(F)(F)F)cc1. The smallest absolute Gasteiger partial charge is 0.462 e. The molecule has 0 aliphatic rings. The van der Waals surface area contributed by atoms with Gasteiger partial charge in [0.1, 0.15) is 4.83 Å². The van der Waals surface area contributed by atoms with Crippen LogP contribution in [0.15, 0.2) is 54.6 Å². The lowest BCUT2D eigenvalue weighted by Crippen LogP contribution is -2.39. The Morgan fingerprint density at radius 1 is 0.966 bits per heavy atom. The second-order valence-corrected chi connectivity index (χ2v) is 7.27. The standard InChI is InChI=1S/C19H20F3NO5P/c1-13(2)26-18(24)14(3)23(27-16-7-5-4-6-8-16)29(25)28-17-11-9-15(10-12-17)19(20,21)22/h4-14H,1-3H3/q+1. The minimum atomic E-state index is -4.50. The van der Waals surface area contributed by atoms with Crippen LogP contribution in [-0.4, -0.2) is 22.9 Å². The van der Waals surface area contributed by atoms with E-state index in [2.05, 4.69) is 0 Å². The molecule has 2 aromatic rings. The zero-order chi connectivity index (χ0) is 21.6. The molecule has 0 saturated heterocycles. The maximum atomic E-state index is 12.7. The third kappa shape index (κ3) is 6.73. The number of hydrogen-bond donors (Lipinski definition) is 0. The average Bonchev–Trinajstić information content (AvgIpc) is 2.65. The van der Waals surface area contributed by atoms with Crippen LogP contribution in [0.5, 0.6) is 11.5 Å². The zero-order valence-corrected chi connectivity index (χ0v) is 16.8. The topological polar surface area (TPSA) is 65.1 Å². The molecule has 0 aliphatic carbocycles. The Morgan fingerprint density at radius 3 is 2.07 bits per heavy atom. The molecule has 0 fully saturated rings. The molecule has 29 heavy (non-hydrogen) atoms. The number of ether oxygens (including phenoxy) is 1. The van der Waals surface area contributed by atoms with Crippen molar-refractivity contribution in [2.45, 2.75) is 39.1 Å². The van der Waals surface area contributed by atoms with E-state index in [9.17, 15) is 22.5 Å². The Hall–Kier alpha value is -2.64. The molecule has 0 amide bonds. The van der Waals surface area contributed by atoms with E-state index < -0.39 is 38.0 Å². The summed E-state index contributed by atoms with van der Waals surface area (Å²) < 4.78 is 61.1. The highest BCUT2D eigenvalue weighted by Crippen LogP contribution is 2.36. The van der Waals surface area contributed by atoms with Crippen LogP contribution in [0.3, 0.4) is 0 Å². The third-order valence-corrected chi connectivity index (χ3v) is 4.61. The molecule has 0 aromatic heterocycles. The van der Waals surface area contributed by atoms with E-state index in [1.54, 1.807) is 44.2 Å². The number of halogens is 3. The Balaban J connectivity index is 2.20. The molecule has 0 N–H and O–H groups in total. The van der Waals surface area contributed by atoms with Crippen LogP contribution in [0, 0.1) is 0 Å². The number of carbonyl (C=O) groups is 1. The first-order valence-electron chi connectivity index (χ1n) is 8.63. The number of para-hydroxylation sites is 1. The number of alkyl halides is 3. The van der Waals surface area contributed by atoms with Crippen molar-refractivity contribution < 1.29 is 36.6 Å². The average molecular weight is 430 g/mol. The van der Waals surface area contributed by atoms with E-state index in [-0.39, 0.29) is 11.5 Å². The highest BCUT2D eigenvalue weighted by molar-refractivity contribution is 7.36. The quantitative estimate of drug-likeness (QED) is 0.318. The monoisotopic (exact) mass is 430 g/mol. The number of esters is 1. The van der Waals surface area contributed by atoms with Crippen molar-refractivity contribution in [3.8, 4) is 11.5 Å². The molecule has 2 aromatic carbocycles. The van der Waals surface area contributed by atoms with E-state index in [4.69, 9.17) is 14.1 Å². The molecule has 0 spiro atoms. The van der Waals surface area contributed by atoms with Gasteiger partial charge >= 0.3 is 20.3 Å². The van der Waals surface area contributed by atoms with Gasteiger partial charge in [0, 0.05) is 4.57 Å². The number of hydroxylamine groups is 1. The Bertz CT molecular complexity index is 828. The van der Waals surface area contributed by atoms with E-state index >= 15 is 0 Å². The summed E-state index contributed by atoms with van der Waals surface area (Å²) in [4.78, 5) is 18.6. The van der Waals surface area contributed by atoms with Gasteiger partial charge in [-0.3, -0.25) is 4.79 Å². The lowest BCUT2D eigenvalue weighted by atomic mass is 10.2. The second kappa shape index (κ2) is 9.71. The van der Waals surface area contributed by atoms with Crippen LogP contribution in [0.1, 0.15) is 26.3 Å². The van der Waals surface area contributed by atoms with Gasteiger partial charge in [-0.2, -0.15) is 13.2 Å². The highest BCUT2D eigenvalue weighted by atomic mass is 31.1. The van der Waals surface area contributed by atoms with Crippen molar-refractivity contribution in [3.05, 3.63) is 60.2 Å². The fourth-order valence-corrected chi connectivity index (χ4v) is 3.02. The van der Waals surface area contributed by atoms with Crippen molar-refractivity contribution in [1.82, 2.24) is 4.83 Å². The summed E-state index contributed by atoms with van der Waals surface area (Å²) >= 11 is 0. The van der Waals surface area contributed by atoms with Crippen molar-refractivity contribution in [2.24, 2.45) is 0 Å². The van der Waals surface area contributed by atoms with Gasteiger partial charge in [0.15, 0.2) is 17.5 Å². The maximum Gasteiger partial charge on any atom is 0.703 e. The predicted octanol–water partition coefficient (Wildman–Crippen LogP) is 5.38. The Labute approximate surface area is 167 Å². The molecule has 10 heteroatoms.